The van der Waals surface area contributed by atoms with Crippen molar-refractivity contribution in [2.75, 3.05) is 18.9 Å². The van der Waals surface area contributed by atoms with Gasteiger partial charge in [0.05, 0.1) is 0 Å². The van der Waals surface area contributed by atoms with Crippen molar-refractivity contribution >= 4 is 17.5 Å². The van der Waals surface area contributed by atoms with E-state index in [1.807, 2.05) is 32.0 Å². The van der Waals surface area contributed by atoms with Crippen LogP contribution >= 0.6 is 0 Å². The number of anilines is 1. The Kier molecular flexibility index (Phi) is 4.89. The minimum absolute atomic E-state index is 0.0396. The SMILES string of the molecule is CCCCN(C)C(=O)C1(C(=O)Nc2ccc(C)c(C)c2)CC1. The van der Waals surface area contributed by atoms with Crippen molar-refractivity contribution in [3.63, 3.8) is 0 Å². The van der Waals surface area contributed by atoms with Crippen LogP contribution in [-0.2, 0) is 9.59 Å². The Morgan fingerprint density at radius 3 is 2.45 bits per heavy atom. The number of nitrogens with zero attached hydrogens (tertiary/aromatic N) is 1. The minimum atomic E-state index is -0.832. The van der Waals surface area contributed by atoms with E-state index in [1.54, 1.807) is 11.9 Å². The maximum Gasteiger partial charge on any atom is 0.240 e. The third-order valence-corrected chi connectivity index (χ3v) is 4.55. The summed E-state index contributed by atoms with van der Waals surface area (Å²) in [6.45, 7) is 6.86. The molecule has 1 aromatic carbocycles. The molecule has 2 rings (SSSR count). The molecule has 1 N–H and O–H groups in total. The molecular weight excluding hydrogens is 276 g/mol. The lowest BCUT2D eigenvalue weighted by Crippen LogP contribution is -2.41. The fraction of sp³-hybridized carbons (Fsp3) is 0.556. The molecule has 2 amide bonds. The Labute approximate surface area is 132 Å². The fourth-order valence-electron chi connectivity index (χ4n) is 2.60. The first kappa shape index (κ1) is 16.5. The van der Waals surface area contributed by atoms with Gasteiger partial charge in [0.2, 0.25) is 11.8 Å². The van der Waals surface area contributed by atoms with Crippen molar-refractivity contribution in [1.29, 1.82) is 0 Å². The van der Waals surface area contributed by atoms with Gasteiger partial charge in [-0.2, -0.15) is 0 Å². The number of aryl methyl sites for hydroxylation is 2. The summed E-state index contributed by atoms with van der Waals surface area (Å²) < 4.78 is 0. The van der Waals surface area contributed by atoms with Crippen molar-refractivity contribution in [3.05, 3.63) is 29.3 Å². The number of hydrogen-bond donors (Lipinski definition) is 1. The lowest BCUT2D eigenvalue weighted by molar-refractivity contribution is -0.141. The van der Waals surface area contributed by atoms with Crippen molar-refractivity contribution in [2.45, 2.75) is 46.5 Å². The first-order valence-electron chi connectivity index (χ1n) is 8.05. The highest BCUT2D eigenvalue weighted by molar-refractivity contribution is 6.13. The molecule has 1 fully saturated rings. The maximum atomic E-state index is 12.6. The summed E-state index contributed by atoms with van der Waals surface area (Å²) in [5.41, 5.74) is 2.26. The number of carbonyl (C=O) groups is 2. The molecule has 0 unspecified atom stereocenters. The Morgan fingerprint density at radius 1 is 1.23 bits per heavy atom. The zero-order valence-electron chi connectivity index (χ0n) is 14.0. The smallest absolute Gasteiger partial charge is 0.240 e. The molecule has 0 heterocycles. The Balaban J connectivity index is 2.04. The second-order valence-corrected chi connectivity index (χ2v) is 6.42. The molecule has 1 aliphatic carbocycles. The van der Waals surface area contributed by atoms with E-state index >= 15 is 0 Å². The van der Waals surface area contributed by atoms with E-state index in [-0.39, 0.29) is 11.8 Å². The molecule has 0 radical (unpaired) electrons. The third kappa shape index (κ3) is 3.32. The lowest BCUT2D eigenvalue weighted by Gasteiger charge is -2.23. The zero-order valence-corrected chi connectivity index (χ0v) is 14.0. The van der Waals surface area contributed by atoms with Crippen LogP contribution in [0.25, 0.3) is 0 Å². The normalized spacial score (nSPS) is 15.3. The average Bonchev–Trinajstić information content (AvgIpc) is 3.29. The van der Waals surface area contributed by atoms with E-state index in [2.05, 4.69) is 12.2 Å². The second kappa shape index (κ2) is 6.51. The molecule has 22 heavy (non-hydrogen) atoms. The van der Waals surface area contributed by atoms with Gasteiger partial charge in [-0.15, -0.1) is 0 Å². The van der Waals surface area contributed by atoms with Crippen molar-refractivity contribution in [2.24, 2.45) is 5.41 Å². The first-order chi connectivity index (χ1) is 10.4. The summed E-state index contributed by atoms with van der Waals surface area (Å²) >= 11 is 0. The standard InChI is InChI=1S/C18H26N2O2/c1-5-6-11-20(4)17(22)18(9-10-18)16(21)19-15-8-7-13(2)14(3)12-15/h7-8,12H,5-6,9-11H2,1-4H3,(H,19,21). The van der Waals surface area contributed by atoms with E-state index in [0.29, 0.717) is 19.4 Å². The third-order valence-electron chi connectivity index (χ3n) is 4.55. The molecule has 1 saturated carbocycles. The number of benzene rings is 1. The summed E-state index contributed by atoms with van der Waals surface area (Å²) in [6.07, 6.45) is 3.31. The Morgan fingerprint density at radius 2 is 1.91 bits per heavy atom. The van der Waals surface area contributed by atoms with Crippen molar-refractivity contribution in [3.8, 4) is 0 Å². The summed E-state index contributed by atoms with van der Waals surface area (Å²) in [5, 5.41) is 2.92. The van der Waals surface area contributed by atoms with Crippen LogP contribution in [0.3, 0.4) is 0 Å². The van der Waals surface area contributed by atoms with Gasteiger partial charge in [-0.05, 0) is 56.4 Å². The van der Waals surface area contributed by atoms with Gasteiger partial charge in [-0.3, -0.25) is 9.59 Å². The zero-order chi connectivity index (χ0) is 16.3. The number of unbranched alkanes of at least 4 members (excludes halogenated alkanes) is 1. The van der Waals surface area contributed by atoms with Gasteiger partial charge in [-0.1, -0.05) is 19.4 Å². The molecule has 0 aliphatic heterocycles. The Hall–Kier alpha value is -1.84. The van der Waals surface area contributed by atoms with Gasteiger partial charge < -0.3 is 10.2 Å². The van der Waals surface area contributed by atoms with Gasteiger partial charge >= 0.3 is 0 Å². The predicted octanol–water partition coefficient (Wildman–Crippen LogP) is 3.28. The van der Waals surface area contributed by atoms with E-state index in [4.69, 9.17) is 0 Å². The second-order valence-electron chi connectivity index (χ2n) is 6.42. The van der Waals surface area contributed by atoms with Crippen LogP contribution in [0.15, 0.2) is 18.2 Å². The van der Waals surface area contributed by atoms with Crippen LogP contribution in [0.4, 0.5) is 5.69 Å². The molecule has 0 bridgehead atoms. The summed E-state index contributed by atoms with van der Waals surface area (Å²) in [6, 6.07) is 5.83. The topological polar surface area (TPSA) is 49.4 Å². The highest BCUT2D eigenvalue weighted by Crippen LogP contribution is 2.48. The highest BCUT2D eigenvalue weighted by atomic mass is 16.2. The van der Waals surface area contributed by atoms with Crippen LogP contribution in [0.1, 0.15) is 43.7 Å². The molecule has 0 atom stereocenters. The van der Waals surface area contributed by atoms with Gasteiger partial charge in [-0.25, -0.2) is 0 Å². The molecule has 4 heteroatoms. The van der Waals surface area contributed by atoms with Crippen LogP contribution in [0, 0.1) is 19.3 Å². The largest absolute Gasteiger partial charge is 0.345 e. The predicted molar refractivity (Wildman–Crippen MR) is 88.8 cm³/mol. The number of nitrogens with one attached hydrogen (secondary N) is 1. The molecule has 4 nitrogen and oxygen atoms in total. The van der Waals surface area contributed by atoms with Gasteiger partial charge in [0.1, 0.15) is 5.41 Å². The van der Waals surface area contributed by atoms with Crippen LogP contribution in [-0.4, -0.2) is 30.3 Å². The van der Waals surface area contributed by atoms with Crippen LogP contribution in [0.5, 0.6) is 0 Å². The van der Waals surface area contributed by atoms with E-state index in [1.165, 1.54) is 5.56 Å². The van der Waals surface area contributed by atoms with Gasteiger partial charge in [0.25, 0.3) is 0 Å². The van der Waals surface area contributed by atoms with Gasteiger partial charge in [0, 0.05) is 19.3 Å². The maximum absolute atomic E-state index is 12.6. The monoisotopic (exact) mass is 302 g/mol. The molecule has 0 aromatic heterocycles. The number of rotatable bonds is 6. The summed E-state index contributed by atoms with van der Waals surface area (Å²) in [4.78, 5) is 26.8. The Bertz CT molecular complexity index is 576. The van der Waals surface area contributed by atoms with Crippen LogP contribution < -0.4 is 5.32 Å². The van der Waals surface area contributed by atoms with Crippen LogP contribution in [0.2, 0.25) is 0 Å². The quantitative estimate of drug-likeness (QED) is 0.820. The van der Waals surface area contributed by atoms with Gasteiger partial charge in [0.15, 0.2) is 0 Å². The number of amides is 2. The highest BCUT2D eigenvalue weighted by Gasteiger charge is 2.57. The molecule has 1 aromatic rings. The molecule has 1 aliphatic rings. The van der Waals surface area contributed by atoms with E-state index < -0.39 is 5.41 Å². The fourth-order valence-corrected chi connectivity index (χ4v) is 2.60. The first-order valence-corrected chi connectivity index (χ1v) is 8.05. The van der Waals surface area contributed by atoms with E-state index in [0.717, 1.165) is 24.1 Å². The van der Waals surface area contributed by atoms with Crippen molar-refractivity contribution in [1.82, 2.24) is 4.90 Å². The molecule has 0 saturated heterocycles. The number of carbonyl (C=O) groups excluding carboxylic acids is 2. The molecule has 0 spiro atoms. The minimum Gasteiger partial charge on any atom is -0.345 e. The average molecular weight is 302 g/mol. The summed E-state index contributed by atoms with van der Waals surface area (Å²) in [7, 11) is 1.79. The molecule has 120 valence electrons. The lowest BCUT2D eigenvalue weighted by atomic mass is 10.0. The summed E-state index contributed by atoms with van der Waals surface area (Å²) in [5.74, 6) is -0.202. The van der Waals surface area contributed by atoms with E-state index in [9.17, 15) is 9.59 Å². The van der Waals surface area contributed by atoms with Crippen molar-refractivity contribution < 1.29 is 9.59 Å². The number of hydrogen-bond acceptors (Lipinski definition) is 2. The molecular formula is C18H26N2O2.